The van der Waals surface area contributed by atoms with Gasteiger partial charge < -0.3 is 10.1 Å². The molecule has 0 aliphatic rings. The van der Waals surface area contributed by atoms with Crippen molar-refractivity contribution in [1.82, 2.24) is 5.32 Å². The summed E-state index contributed by atoms with van der Waals surface area (Å²) in [7, 11) is 1.65. The molecular formula is C19H23NO2. The Kier molecular flexibility index (Phi) is 5.59. The SMILES string of the molecule is COc1ccc(C(NC(=O)CC(C)C)c2ccccc2)cc1. The molecular weight excluding hydrogens is 274 g/mol. The third kappa shape index (κ3) is 4.35. The van der Waals surface area contributed by atoms with Crippen molar-refractivity contribution in [3.63, 3.8) is 0 Å². The summed E-state index contributed by atoms with van der Waals surface area (Å²) in [5, 5.41) is 3.14. The van der Waals surface area contributed by atoms with Gasteiger partial charge in [0.1, 0.15) is 5.75 Å². The van der Waals surface area contributed by atoms with Crippen molar-refractivity contribution in [2.24, 2.45) is 5.92 Å². The molecule has 3 heteroatoms. The average Bonchev–Trinajstić information content (AvgIpc) is 2.53. The van der Waals surface area contributed by atoms with Crippen LogP contribution in [0.25, 0.3) is 0 Å². The molecule has 0 saturated carbocycles. The number of nitrogens with one attached hydrogen (secondary N) is 1. The van der Waals surface area contributed by atoms with E-state index in [1.54, 1.807) is 7.11 Å². The Morgan fingerprint density at radius 1 is 1.00 bits per heavy atom. The van der Waals surface area contributed by atoms with E-state index in [1.807, 2.05) is 68.4 Å². The predicted octanol–water partition coefficient (Wildman–Crippen LogP) is 3.95. The molecule has 116 valence electrons. The number of carbonyl (C=O) groups excluding carboxylic acids is 1. The summed E-state index contributed by atoms with van der Waals surface area (Å²) >= 11 is 0. The summed E-state index contributed by atoms with van der Waals surface area (Å²) in [6, 6.07) is 17.7. The molecule has 1 atom stereocenters. The quantitative estimate of drug-likeness (QED) is 0.877. The zero-order chi connectivity index (χ0) is 15.9. The molecule has 2 aromatic rings. The Morgan fingerprint density at radius 3 is 2.14 bits per heavy atom. The molecule has 0 aliphatic heterocycles. The number of methoxy groups -OCH3 is 1. The molecule has 22 heavy (non-hydrogen) atoms. The maximum atomic E-state index is 12.2. The zero-order valence-electron chi connectivity index (χ0n) is 13.4. The van der Waals surface area contributed by atoms with Gasteiger partial charge >= 0.3 is 0 Å². The summed E-state index contributed by atoms with van der Waals surface area (Å²) in [5.41, 5.74) is 2.12. The maximum absolute atomic E-state index is 12.2. The van der Waals surface area contributed by atoms with E-state index in [0.29, 0.717) is 12.3 Å². The monoisotopic (exact) mass is 297 g/mol. The molecule has 2 aromatic carbocycles. The normalized spacial score (nSPS) is 12.0. The van der Waals surface area contributed by atoms with E-state index in [1.165, 1.54) is 0 Å². The number of ether oxygens (including phenoxy) is 1. The minimum absolute atomic E-state index is 0.0691. The highest BCUT2D eigenvalue weighted by atomic mass is 16.5. The van der Waals surface area contributed by atoms with Crippen molar-refractivity contribution in [2.45, 2.75) is 26.3 Å². The van der Waals surface area contributed by atoms with Gasteiger partial charge in [-0.1, -0.05) is 56.3 Å². The highest BCUT2D eigenvalue weighted by Crippen LogP contribution is 2.24. The fourth-order valence-corrected chi connectivity index (χ4v) is 2.39. The number of hydrogen-bond donors (Lipinski definition) is 1. The smallest absolute Gasteiger partial charge is 0.221 e. The first kappa shape index (κ1) is 16.1. The van der Waals surface area contributed by atoms with Gasteiger partial charge in [0.25, 0.3) is 0 Å². The van der Waals surface area contributed by atoms with Gasteiger partial charge in [-0.15, -0.1) is 0 Å². The summed E-state index contributed by atoms with van der Waals surface area (Å²) < 4.78 is 5.20. The summed E-state index contributed by atoms with van der Waals surface area (Å²) in [6.07, 6.45) is 0.527. The molecule has 0 aromatic heterocycles. The molecule has 0 fully saturated rings. The van der Waals surface area contributed by atoms with Gasteiger partial charge in [-0.05, 0) is 29.2 Å². The summed E-state index contributed by atoms with van der Waals surface area (Å²) in [4.78, 5) is 12.2. The topological polar surface area (TPSA) is 38.3 Å². The highest BCUT2D eigenvalue weighted by molar-refractivity contribution is 5.77. The lowest BCUT2D eigenvalue weighted by Gasteiger charge is -2.20. The fourth-order valence-electron chi connectivity index (χ4n) is 2.39. The predicted molar refractivity (Wildman–Crippen MR) is 88.9 cm³/mol. The number of amides is 1. The number of carbonyl (C=O) groups is 1. The Morgan fingerprint density at radius 2 is 1.59 bits per heavy atom. The van der Waals surface area contributed by atoms with Gasteiger partial charge in [-0.2, -0.15) is 0 Å². The first-order chi connectivity index (χ1) is 10.6. The van der Waals surface area contributed by atoms with E-state index in [0.717, 1.165) is 16.9 Å². The van der Waals surface area contributed by atoms with Crippen molar-refractivity contribution in [2.75, 3.05) is 7.11 Å². The number of benzene rings is 2. The van der Waals surface area contributed by atoms with Gasteiger partial charge in [0, 0.05) is 6.42 Å². The van der Waals surface area contributed by atoms with Crippen LogP contribution in [0.15, 0.2) is 54.6 Å². The third-order valence-corrected chi connectivity index (χ3v) is 3.48. The zero-order valence-corrected chi connectivity index (χ0v) is 13.4. The van der Waals surface area contributed by atoms with Crippen molar-refractivity contribution in [3.05, 3.63) is 65.7 Å². The van der Waals surface area contributed by atoms with E-state index >= 15 is 0 Å². The second kappa shape index (κ2) is 7.64. The van der Waals surface area contributed by atoms with Crippen molar-refractivity contribution >= 4 is 5.91 Å². The molecule has 1 unspecified atom stereocenters. The van der Waals surface area contributed by atoms with E-state index in [-0.39, 0.29) is 11.9 Å². The van der Waals surface area contributed by atoms with E-state index in [2.05, 4.69) is 5.32 Å². The largest absolute Gasteiger partial charge is 0.497 e. The van der Waals surface area contributed by atoms with Gasteiger partial charge in [0.05, 0.1) is 13.2 Å². The molecule has 1 amide bonds. The van der Waals surface area contributed by atoms with Crippen LogP contribution in [-0.4, -0.2) is 13.0 Å². The third-order valence-electron chi connectivity index (χ3n) is 3.48. The Balaban J connectivity index is 2.26. The van der Waals surface area contributed by atoms with Crippen LogP contribution in [0.5, 0.6) is 5.75 Å². The molecule has 0 heterocycles. The molecule has 3 nitrogen and oxygen atoms in total. The average molecular weight is 297 g/mol. The highest BCUT2D eigenvalue weighted by Gasteiger charge is 2.17. The minimum atomic E-state index is -0.140. The molecule has 0 aliphatic carbocycles. The van der Waals surface area contributed by atoms with Crippen LogP contribution >= 0.6 is 0 Å². The number of hydrogen-bond acceptors (Lipinski definition) is 2. The Labute approximate surface area is 132 Å². The second-order valence-corrected chi connectivity index (χ2v) is 5.78. The molecule has 0 radical (unpaired) electrons. The standard InChI is InChI=1S/C19H23NO2/c1-14(2)13-18(21)20-19(15-7-5-4-6-8-15)16-9-11-17(22-3)12-10-16/h4-12,14,19H,13H2,1-3H3,(H,20,21). The summed E-state index contributed by atoms with van der Waals surface area (Å²) in [5.74, 6) is 1.22. The van der Waals surface area contributed by atoms with Crippen LogP contribution in [0, 0.1) is 5.92 Å². The van der Waals surface area contributed by atoms with E-state index in [9.17, 15) is 4.79 Å². The van der Waals surface area contributed by atoms with Crippen LogP contribution < -0.4 is 10.1 Å². The lowest BCUT2D eigenvalue weighted by Crippen LogP contribution is -2.30. The second-order valence-electron chi connectivity index (χ2n) is 5.78. The fraction of sp³-hybridized carbons (Fsp3) is 0.316. The molecule has 0 spiro atoms. The first-order valence-electron chi connectivity index (χ1n) is 7.58. The molecule has 1 N–H and O–H groups in total. The van der Waals surface area contributed by atoms with Crippen molar-refractivity contribution in [3.8, 4) is 5.75 Å². The van der Waals surface area contributed by atoms with Gasteiger partial charge in [0.2, 0.25) is 5.91 Å². The van der Waals surface area contributed by atoms with E-state index < -0.39 is 0 Å². The lowest BCUT2D eigenvalue weighted by molar-refractivity contribution is -0.122. The maximum Gasteiger partial charge on any atom is 0.221 e. The van der Waals surface area contributed by atoms with Crippen LogP contribution in [0.1, 0.15) is 37.4 Å². The lowest BCUT2D eigenvalue weighted by atomic mass is 9.98. The molecule has 0 saturated heterocycles. The van der Waals surface area contributed by atoms with Crippen LogP contribution in [-0.2, 0) is 4.79 Å². The minimum Gasteiger partial charge on any atom is -0.497 e. The number of rotatable bonds is 6. The van der Waals surface area contributed by atoms with Gasteiger partial charge in [-0.25, -0.2) is 0 Å². The van der Waals surface area contributed by atoms with Crippen molar-refractivity contribution in [1.29, 1.82) is 0 Å². The van der Waals surface area contributed by atoms with Gasteiger partial charge in [0.15, 0.2) is 0 Å². The first-order valence-corrected chi connectivity index (χ1v) is 7.58. The summed E-state index contributed by atoms with van der Waals surface area (Å²) in [6.45, 7) is 4.09. The Hall–Kier alpha value is -2.29. The van der Waals surface area contributed by atoms with Crippen LogP contribution in [0.2, 0.25) is 0 Å². The molecule has 0 bridgehead atoms. The Bertz CT molecular complexity index is 591. The van der Waals surface area contributed by atoms with Crippen LogP contribution in [0.3, 0.4) is 0 Å². The van der Waals surface area contributed by atoms with Crippen LogP contribution in [0.4, 0.5) is 0 Å². The van der Waals surface area contributed by atoms with Gasteiger partial charge in [-0.3, -0.25) is 4.79 Å². The van der Waals surface area contributed by atoms with Crippen molar-refractivity contribution < 1.29 is 9.53 Å². The molecule has 2 rings (SSSR count). The van der Waals surface area contributed by atoms with E-state index in [4.69, 9.17) is 4.74 Å².